The molecular formula is C16H21NO2. The van der Waals surface area contributed by atoms with Gasteiger partial charge in [0.1, 0.15) is 6.61 Å². The van der Waals surface area contributed by atoms with Crippen LogP contribution in [0.5, 0.6) is 0 Å². The van der Waals surface area contributed by atoms with Crippen LogP contribution in [0, 0.1) is 5.92 Å². The normalized spacial score (nSPS) is 25.1. The highest BCUT2D eigenvalue weighted by atomic mass is 16.5. The summed E-state index contributed by atoms with van der Waals surface area (Å²) in [4.78, 5) is 14.5. The van der Waals surface area contributed by atoms with Crippen LogP contribution in [0.15, 0.2) is 43.0 Å². The Morgan fingerprint density at radius 2 is 2.16 bits per heavy atom. The van der Waals surface area contributed by atoms with Crippen molar-refractivity contribution < 1.29 is 9.53 Å². The van der Waals surface area contributed by atoms with E-state index in [-0.39, 0.29) is 12.6 Å². The standard InChI is InChI=1S/C16H21NO2/c1-4-10-19-15(18)16(11-14(16)12-17(2)3)13-8-6-5-7-9-13/h4-9,14H,1,10-12H2,2-3H3/t14-,16+/m1/s1. The van der Waals surface area contributed by atoms with Crippen molar-refractivity contribution in [3.63, 3.8) is 0 Å². The number of carbonyl (C=O) groups excluding carboxylic acids is 1. The number of benzene rings is 1. The van der Waals surface area contributed by atoms with Crippen molar-refractivity contribution in [1.29, 1.82) is 0 Å². The molecule has 2 atom stereocenters. The topological polar surface area (TPSA) is 29.5 Å². The molecule has 3 nitrogen and oxygen atoms in total. The molecule has 102 valence electrons. The zero-order valence-corrected chi connectivity index (χ0v) is 11.6. The highest BCUT2D eigenvalue weighted by Gasteiger charge is 2.62. The minimum Gasteiger partial charge on any atom is -0.461 e. The molecule has 0 N–H and O–H groups in total. The van der Waals surface area contributed by atoms with Crippen LogP contribution in [0.1, 0.15) is 12.0 Å². The lowest BCUT2D eigenvalue weighted by atomic mass is 9.93. The molecular weight excluding hydrogens is 238 g/mol. The first-order chi connectivity index (χ1) is 9.11. The lowest BCUT2D eigenvalue weighted by molar-refractivity contribution is -0.146. The summed E-state index contributed by atoms with van der Waals surface area (Å²) in [5.74, 6) is 0.215. The summed E-state index contributed by atoms with van der Waals surface area (Å²) in [6, 6.07) is 9.96. The molecule has 0 radical (unpaired) electrons. The Hall–Kier alpha value is -1.61. The molecule has 0 aliphatic heterocycles. The summed E-state index contributed by atoms with van der Waals surface area (Å²) in [7, 11) is 4.06. The van der Waals surface area contributed by atoms with E-state index >= 15 is 0 Å². The third-order valence-electron chi connectivity index (χ3n) is 3.68. The van der Waals surface area contributed by atoms with Crippen LogP contribution < -0.4 is 0 Å². The highest BCUT2D eigenvalue weighted by Crippen LogP contribution is 2.55. The van der Waals surface area contributed by atoms with Crippen molar-refractivity contribution in [3.05, 3.63) is 48.6 Å². The maximum Gasteiger partial charge on any atom is 0.317 e. The average molecular weight is 259 g/mol. The van der Waals surface area contributed by atoms with Gasteiger partial charge in [-0.2, -0.15) is 0 Å². The van der Waals surface area contributed by atoms with Crippen LogP contribution >= 0.6 is 0 Å². The van der Waals surface area contributed by atoms with Crippen LogP contribution in [-0.2, 0) is 14.9 Å². The van der Waals surface area contributed by atoms with Gasteiger partial charge in [-0.1, -0.05) is 43.0 Å². The maximum absolute atomic E-state index is 12.4. The second-order valence-electron chi connectivity index (χ2n) is 5.39. The van der Waals surface area contributed by atoms with E-state index in [1.807, 2.05) is 44.4 Å². The summed E-state index contributed by atoms with van der Waals surface area (Å²) in [5, 5.41) is 0. The van der Waals surface area contributed by atoms with Crippen LogP contribution in [-0.4, -0.2) is 38.1 Å². The molecule has 0 spiro atoms. The Kier molecular flexibility index (Phi) is 4.05. The van der Waals surface area contributed by atoms with E-state index in [4.69, 9.17) is 4.74 Å². The Balaban J connectivity index is 2.21. The van der Waals surface area contributed by atoms with E-state index in [1.165, 1.54) is 0 Å². The van der Waals surface area contributed by atoms with Gasteiger partial charge in [-0.25, -0.2) is 0 Å². The van der Waals surface area contributed by atoms with Crippen LogP contribution in [0.4, 0.5) is 0 Å². The summed E-state index contributed by atoms with van der Waals surface area (Å²) >= 11 is 0. The third kappa shape index (κ3) is 2.71. The minimum absolute atomic E-state index is 0.120. The van der Waals surface area contributed by atoms with Gasteiger partial charge in [-0.05, 0) is 32.0 Å². The smallest absolute Gasteiger partial charge is 0.317 e. The molecule has 0 saturated heterocycles. The van der Waals surface area contributed by atoms with Gasteiger partial charge in [0.25, 0.3) is 0 Å². The predicted molar refractivity (Wildman–Crippen MR) is 75.9 cm³/mol. The second-order valence-corrected chi connectivity index (χ2v) is 5.39. The van der Waals surface area contributed by atoms with E-state index in [0.29, 0.717) is 5.92 Å². The average Bonchev–Trinajstić information content (AvgIpc) is 3.11. The monoisotopic (exact) mass is 259 g/mol. The molecule has 19 heavy (non-hydrogen) atoms. The van der Waals surface area contributed by atoms with Crippen LogP contribution in [0.3, 0.4) is 0 Å². The first kappa shape index (κ1) is 13.8. The number of carbonyl (C=O) groups is 1. The fourth-order valence-electron chi connectivity index (χ4n) is 2.71. The van der Waals surface area contributed by atoms with E-state index in [1.54, 1.807) is 6.08 Å². The zero-order chi connectivity index (χ0) is 13.9. The molecule has 1 saturated carbocycles. The molecule has 1 aromatic carbocycles. The fourth-order valence-corrected chi connectivity index (χ4v) is 2.71. The first-order valence-corrected chi connectivity index (χ1v) is 6.59. The number of esters is 1. The van der Waals surface area contributed by atoms with Crippen molar-refractivity contribution >= 4 is 5.97 Å². The van der Waals surface area contributed by atoms with Gasteiger partial charge in [-0.15, -0.1) is 0 Å². The van der Waals surface area contributed by atoms with Gasteiger partial charge in [0.2, 0.25) is 0 Å². The number of ether oxygens (including phenoxy) is 1. The summed E-state index contributed by atoms with van der Waals surface area (Å²) < 4.78 is 5.31. The molecule has 1 fully saturated rings. The Morgan fingerprint density at radius 1 is 1.47 bits per heavy atom. The van der Waals surface area contributed by atoms with Crippen molar-refractivity contribution in [3.8, 4) is 0 Å². The van der Waals surface area contributed by atoms with Crippen molar-refractivity contribution in [2.75, 3.05) is 27.2 Å². The molecule has 2 rings (SSSR count). The molecule has 0 heterocycles. The Bertz CT molecular complexity index is 455. The van der Waals surface area contributed by atoms with E-state index in [9.17, 15) is 4.79 Å². The molecule has 0 aromatic heterocycles. The largest absolute Gasteiger partial charge is 0.461 e. The summed E-state index contributed by atoms with van der Waals surface area (Å²) in [6.07, 6.45) is 2.48. The SMILES string of the molecule is C=CCOC(=O)[C@]1(c2ccccc2)C[C@@H]1CN(C)C. The van der Waals surface area contributed by atoms with Gasteiger partial charge in [-0.3, -0.25) is 4.79 Å². The lowest BCUT2D eigenvalue weighted by Gasteiger charge is -2.18. The van der Waals surface area contributed by atoms with Crippen LogP contribution in [0.2, 0.25) is 0 Å². The van der Waals surface area contributed by atoms with E-state index in [0.717, 1.165) is 18.5 Å². The van der Waals surface area contributed by atoms with E-state index in [2.05, 4.69) is 11.5 Å². The van der Waals surface area contributed by atoms with Gasteiger partial charge >= 0.3 is 5.97 Å². The van der Waals surface area contributed by atoms with E-state index < -0.39 is 5.41 Å². The van der Waals surface area contributed by atoms with Gasteiger partial charge < -0.3 is 9.64 Å². The van der Waals surface area contributed by atoms with Crippen LogP contribution in [0.25, 0.3) is 0 Å². The lowest BCUT2D eigenvalue weighted by Crippen LogP contribution is -2.29. The number of rotatable bonds is 6. The minimum atomic E-state index is -0.450. The molecule has 0 amide bonds. The molecule has 0 bridgehead atoms. The predicted octanol–water partition coefficient (Wildman–Crippen LogP) is 2.24. The van der Waals surface area contributed by atoms with Crippen molar-refractivity contribution in [2.24, 2.45) is 5.92 Å². The molecule has 1 aliphatic rings. The Morgan fingerprint density at radius 3 is 2.74 bits per heavy atom. The van der Waals surface area contributed by atoms with Crippen molar-refractivity contribution in [2.45, 2.75) is 11.8 Å². The second kappa shape index (κ2) is 5.57. The third-order valence-corrected chi connectivity index (χ3v) is 3.68. The molecule has 1 aromatic rings. The number of hydrogen-bond donors (Lipinski definition) is 0. The molecule has 0 unspecified atom stereocenters. The number of hydrogen-bond acceptors (Lipinski definition) is 3. The first-order valence-electron chi connectivity index (χ1n) is 6.59. The Labute approximate surface area is 114 Å². The number of nitrogens with zero attached hydrogens (tertiary/aromatic N) is 1. The van der Waals surface area contributed by atoms with Crippen molar-refractivity contribution in [1.82, 2.24) is 4.90 Å². The van der Waals surface area contributed by atoms with Gasteiger partial charge in [0.05, 0.1) is 5.41 Å². The maximum atomic E-state index is 12.4. The highest BCUT2D eigenvalue weighted by molar-refractivity contribution is 5.87. The quantitative estimate of drug-likeness (QED) is 0.579. The molecule has 3 heteroatoms. The van der Waals surface area contributed by atoms with Gasteiger partial charge in [0, 0.05) is 6.54 Å². The zero-order valence-electron chi connectivity index (χ0n) is 11.6. The molecule has 1 aliphatic carbocycles. The van der Waals surface area contributed by atoms with Gasteiger partial charge in [0.15, 0.2) is 0 Å². The summed E-state index contributed by atoms with van der Waals surface area (Å²) in [5.41, 5.74) is 0.616. The summed E-state index contributed by atoms with van der Waals surface area (Å²) in [6.45, 7) is 4.77. The fraction of sp³-hybridized carbons (Fsp3) is 0.438.